The third kappa shape index (κ3) is 2.42. The summed E-state index contributed by atoms with van der Waals surface area (Å²) in [6, 6.07) is 4.69. The van der Waals surface area contributed by atoms with Crippen molar-refractivity contribution in [3.63, 3.8) is 0 Å². The second kappa shape index (κ2) is 4.38. The molecule has 1 nitrogen and oxygen atoms in total. The van der Waals surface area contributed by atoms with Crippen molar-refractivity contribution in [2.75, 3.05) is 0 Å². The molecule has 1 aromatic rings. The minimum absolute atomic E-state index is 0.0649. The minimum atomic E-state index is -0.491. The third-order valence-electron chi connectivity index (χ3n) is 1.91. The first-order chi connectivity index (χ1) is 6.52. The maximum absolute atomic E-state index is 13.3. The second-order valence-electron chi connectivity index (χ2n) is 3.03. The van der Waals surface area contributed by atoms with E-state index in [0.717, 1.165) is 0 Å². The standard InChI is InChI=1S/C11H10ClFO/c1-7(8(2)14)6-9-4-3-5-10(12)11(9)13/h3-6H,1-2H3/b7-6+. The van der Waals surface area contributed by atoms with E-state index in [-0.39, 0.29) is 10.8 Å². The summed E-state index contributed by atoms with van der Waals surface area (Å²) in [5.74, 6) is -0.570. The van der Waals surface area contributed by atoms with Gasteiger partial charge in [0.05, 0.1) is 5.02 Å². The van der Waals surface area contributed by atoms with Crippen molar-refractivity contribution in [3.05, 3.63) is 40.2 Å². The van der Waals surface area contributed by atoms with E-state index in [1.165, 1.54) is 19.1 Å². The molecule has 1 aromatic carbocycles. The van der Waals surface area contributed by atoms with E-state index in [4.69, 9.17) is 11.6 Å². The van der Waals surface area contributed by atoms with Crippen LogP contribution in [0.5, 0.6) is 0 Å². The normalized spacial score (nSPS) is 11.6. The van der Waals surface area contributed by atoms with Gasteiger partial charge in [-0.3, -0.25) is 4.79 Å². The fourth-order valence-electron chi connectivity index (χ4n) is 0.967. The summed E-state index contributed by atoms with van der Waals surface area (Å²) in [5, 5.41) is 0.0649. The number of hydrogen-bond acceptors (Lipinski definition) is 1. The number of Topliss-reactive ketones (excluding diaryl/α,β-unsaturated/α-hetero) is 1. The molecule has 0 radical (unpaired) electrons. The minimum Gasteiger partial charge on any atom is -0.295 e. The largest absolute Gasteiger partial charge is 0.295 e. The molecule has 0 amide bonds. The zero-order valence-corrected chi connectivity index (χ0v) is 8.73. The fourth-order valence-corrected chi connectivity index (χ4v) is 1.15. The Balaban J connectivity index is 3.15. The number of ketones is 1. The van der Waals surface area contributed by atoms with Crippen LogP contribution in [-0.2, 0) is 4.79 Å². The first kappa shape index (κ1) is 10.9. The number of rotatable bonds is 2. The predicted octanol–water partition coefficient (Wildman–Crippen LogP) is 3.47. The van der Waals surface area contributed by atoms with Gasteiger partial charge in [-0.15, -0.1) is 0 Å². The van der Waals surface area contributed by atoms with E-state index in [9.17, 15) is 9.18 Å². The Bertz CT molecular complexity index is 396. The number of hydrogen-bond donors (Lipinski definition) is 0. The lowest BCUT2D eigenvalue weighted by molar-refractivity contribution is -0.113. The van der Waals surface area contributed by atoms with E-state index in [0.29, 0.717) is 11.1 Å². The van der Waals surface area contributed by atoms with Gasteiger partial charge in [0.2, 0.25) is 0 Å². The van der Waals surface area contributed by atoms with Gasteiger partial charge in [-0.25, -0.2) is 4.39 Å². The maximum atomic E-state index is 13.3. The molecule has 74 valence electrons. The SMILES string of the molecule is CC(=O)/C(C)=C/c1cccc(Cl)c1F. The first-order valence-electron chi connectivity index (χ1n) is 4.15. The van der Waals surface area contributed by atoms with Gasteiger partial charge in [-0.1, -0.05) is 23.7 Å². The van der Waals surface area contributed by atoms with Gasteiger partial charge >= 0.3 is 0 Å². The number of benzene rings is 1. The van der Waals surface area contributed by atoms with E-state index in [1.54, 1.807) is 19.1 Å². The zero-order chi connectivity index (χ0) is 10.7. The highest BCUT2D eigenvalue weighted by molar-refractivity contribution is 6.30. The summed E-state index contributed by atoms with van der Waals surface area (Å²) in [6.07, 6.45) is 1.49. The smallest absolute Gasteiger partial charge is 0.155 e. The molecule has 0 unspecified atom stereocenters. The molecule has 0 N–H and O–H groups in total. The van der Waals surface area contributed by atoms with Crippen LogP contribution in [0.3, 0.4) is 0 Å². The van der Waals surface area contributed by atoms with Crippen molar-refractivity contribution in [2.45, 2.75) is 13.8 Å². The molecule has 0 saturated carbocycles. The Labute approximate surface area is 87.2 Å². The molecule has 0 aliphatic carbocycles. The van der Waals surface area contributed by atoms with E-state index >= 15 is 0 Å². The van der Waals surface area contributed by atoms with E-state index in [2.05, 4.69) is 0 Å². The first-order valence-corrected chi connectivity index (χ1v) is 4.53. The highest BCUT2D eigenvalue weighted by Crippen LogP contribution is 2.20. The number of allylic oxidation sites excluding steroid dienone is 1. The van der Waals surface area contributed by atoms with Gasteiger partial charge in [0.15, 0.2) is 5.78 Å². The maximum Gasteiger partial charge on any atom is 0.155 e. The fraction of sp³-hybridized carbons (Fsp3) is 0.182. The van der Waals surface area contributed by atoms with E-state index < -0.39 is 5.82 Å². The lowest BCUT2D eigenvalue weighted by Gasteiger charge is -2.00. The van der Waals surface area contributed by atoms with Crippen molar-refractivity contribution < 1.29 is 9.18 Å². The number of carbonyl (C=O) groups excluding carboxylic acids is 1. The second-order valence-corrected chi connectivity index (χ2v) is 3.43. The topological polar surface area (TPSA) is 17.1 Å². The Morgan fingerprint density at radius 2 is 2.07 bits per heavy atom. The zero-order valence-electron chi connectivity index (χ0n) is 7.97. The van der Waals surface area contributed by atoms with Gasteiger partial charge < -0.3 is 0 Å². The summed E-state index contributed by atoms with van der Waals surface area (Å²) < 4.78 is 13.3. The molecule has 0 aliphatic rings. The van der Waals surface area contributed by atoms with Crippen LogP contribution in [-0.4, -0.2) is 5.78 Å². The molecule has 0 aromatic heterocycles. The van der Waals surface area contributed by atoms with Crippen LogP contribution in [0.1, 0.15) is 19.4 Å². The molecule has 0 saturated heterocycles. The number of halogens is 2. The molecule has 0 bridgehead atoms. The monoisotopic (exact) mass is 212 g/mol. The van der Waals surface area contributed by atoms with Crippen LogP contribution < -0.4 is 0 Å². The van der Waals surface area contributed by atoms with Crippen molar-refractivity contribution >= 4 is 23.5 Å². The molecule has 0 aliphatic heterocycles. The lowest BCUT2D eigenvalue weighted by atomic mass is 10.1. The predicted molar refractivity (Wildman–Crippen MR) is 55.7 cm³/mol. The van der Waals surface area contributed by atoms with Gasteiger partial charge in [0, 0.05) is 5.56 Å². The van der Waals surface area contributed by atoms with Crippen LogP contribution in [0, 0.1) is 5.82 Å². The van der Waals surface area contributed by atoms with Crippen LogP contribution >= 0.6 is 11.6 Å². The third-order valence-corrected chi connectivity index (χ3v) is 2.20. The van der Waals surface area contributed by atoms with Gasteiger partial charge in [-0.05, 0) is 31.6 Å². The molecule has 0 fully saturated rings. The Morgan fingerprint density at radius 1 is 1.43 bits per heavy atom. The highest BCUT2D eigenvalue weighted by atomic mass is 35.5. The summed E-state index contributed by atoms with van der Waals surface area (Å²) in [4.78, 5) is 10.9. The molecular formula is C11H10ClFO. The molecular weight excluding hydrogens is 203 g/mol. The van der Waals surface area contributed by atoms with Crippen LogP contribution in [0.4, 0.5) is 4.39 Å². The molecule has 14 heavy (non-hydrogen) atoms. The average molecular weight is 213 g/mol. The van der Waals surface area contributed by atoms with Crippen LogP contribution in [0.25, 0.3) is 6.08 Å². The van der Waals surface area contributed by atoms with Gasteiger partial charge in [-0.2, -0.15) is 0 Å². The Kier molecular flexibility index (Phi) is 3.42. The van der Waals surface area contributed by atoms with Crippen LogP contribution in [0.2, 0.25) is 5.02 Å². The average Bonchev–Trinajstić information content (AvgIpc) is 2.12. The van der Waals surface area contributed by atoms with Crippen molar-refractivity contribution in [1.82, 2.24) is 0 Å². The van der Waals surface area contributed by atoms with Gasteiger partial charge in [0.25, 0.3) is 0 Å². The summed E-state index contributed by atoms with van der Waals surface area (Å²) in [6.45, 7) is 3.08. The summed E-state index contributed by atoms with van der Waals surface area (Å²) in [5.41, 5.74) is 0.844. The van der Waals surface area contributed by atoms with E-state index in [1.807, 2.05) is 0 Å². The highest BCUT2D eigenvalue weighted by Gasteiger charge is 2.05. The summed E-state index contributed by atoms with van der Waals surface area (Å²) >= 11 is 5.59. The Hall–Kier alpha value is -1.15. The van der Waals surface area contributed by atoms with Crippen molar-refractivity contribution in [2.24, 2.45) is 0 Å². The Morgan fingerprint density at radius 3 is 2.64 bits per heavy atom. The number of carbonyl (C=O) groups is 1. The lowest BCUT2D eigenvalue weighted by Crippen LogP contribution is -1.92. The summed E-state index contributed by atoms with van der Waals surface area (Å²) in [7, 11) is 0. The molecule has 0 heterocycles. The molecule has 0 spiro atoms. The quantitative estimate of drug-likeness (QED) is 0.686. The van der Waals surface area contributed by atoms with Crippen molar-refractivity contribution in [3.8, 4) is 0 Å². The molecule has 0 atom stereocenters. The van der Waals surface area contributed by atoms with Gasteiger partial charge in [0.1, 0.15) is 5.82 Å². The molecule has 3 heteroatoms. The van der Waals surface area contributed by atoms with Crippen LogP contribution in [0.15, 0.2) is 23.8 Å². The molecule has 1 rings (SSSR count). The van der Waals surface area contributed by atoms with Crippen molar-refractivity contribution in [1.29, 1.82) is 0 Å².